The van der Waals surface area contributed by atoms with Crippen molar-refractivity contribution in [1.29, 1.82) is 0 Å². The molecule has 1 aromatic rings. The molecule has 0 saturated carbocycles. The number of nitrogens with zero attached hydrogens (tertiary/aromatic N) is 2. The molecule has 0 unspecified atom stereocenters. The molecule has 0 aliphatic carbocycles. The molecule has 0 aliphatic heterocycles. The summed E-state index contributed by atoms with van der Waals surface area (Å²) < 4.78 is 5.33. The Morgan fingerprint density at radius 1 is 1.28 bits per heavy atom. The van der Waals surface area contributed by atoms with Gasteiger partial charge in [0.1, 0.15) is 0 Å². The number of carbonyl (C=O) groups is 1. The highest BCUT2D eigenvalue weighted by atomic mass is 16.5. The number of ether oxygens (including phenoxy) is 1. The Morgan fingerprint density at radius 3 is 2.60 bits per heavy atom. The third-order valence-electron chi connectivity index (χ3n) is 3.40. The van der Waals surface area contributed by atoms with Gasteiger partial charge in [-0.3, -0.25) is 4.79 Å². The summed E-state index contributed by atoms with van der Waals surface area (Å²) in [5.41, 5.74) is 1.72. The molecule has 2 N–H and O–H groups in total. The van der Waals surface area contributed by atoms with Crippen molar-refractivity contribution in [2.24, 2.45) is 4.99 Å². The lowest BCUT2D eigenvalue weighted by atomic mass is 10.1. The largest absolute Gasteiger partial charge is 0.382 e. The molecule has 0 radical (unpaired) electrons. The van der Waals surface area contributed by atoms with Crippen LogP contribution in [0.1, 0.15) is 29.3 Å². The van der Waals surface area contributed by atoms with Crippen LogP contribution >= 0.6 is 0 Å². The maximum absolute atomic E-state index is 11.9. The number of rotatable bonds is 10. The van der Waals surface area contributed by atoms with Gasteiger partial charge in [0.15, 0.2) is 5.96 Å². The molecule has 1 rings (SSSR count). The Labute approximate surface area is 151 Å². The molecule has 0 aromatic heterocycles. The lowest BCUT2D eigenvalue weighted by molar-refractivity contribution is 0.0827. The zero-order valence-corrected chi connectivity index (χ0v) is 15.5. The fraction of sp³-hybridized carbons (Fsp3) is 0.474. The van der Waals surface area contributed by atoms with Crippen LogP contribution in [-0.4, -0.2) is 57.2 Å². The summed E-state index contributed by atoms with van der Waals surface area (Å²) in [5, 5.41) is 6.47. The molecule has 6 heteroatoms. The van der Waals surface area contributed by atoms with Gasteiger partial charge in [0, 0.05) is 46.0 Å². The SMILES string of the molecule is C=CCNC(=NCc1ccc(C(=O)N(C)C)cc1)NCCCOCC. The normalized spacial score (nSPS) is 11.1. The first-order valence-corrected chi connectivity index (χ1v) is 8.59. The van der Waals surface area contributed by atoms with Crippen LogP contribution < -0.4 is 10.6 Å². The van der Waals surface area contributed by atoms with E-state index < -0.39 is 0 Å². The van der Waals surface area contributed by atoms with E-state index in [0.29, 0.717) is 18.7 Å². The highest BCUT2D eigenvalue weighted by Gasteiger charge is 2.07. The number of aliphatic imine (C=N–C) groups is 1. The van der Waals surface area contributed by atoms with E-state index >= 15 is 0 Å². The van der Waals surface area contributed by atoms with E-state index in [9.17, 15) is 4.79 Å². The minimum Gasteiger partial charge on any atom is -0.382 e. The molecule has 0 fully saturated rings. The molecule has 0 atom stereocenters. The second-order valence-corrected chi connectivity index (χ2v) is 5.71. The van der Waals surface area contributed by atoms with Crippen molar-refractivity contribution in [3.63, 3.8) is 0 Å². The highest BCUT2D eigenvalue weighted by molar-refractivity contribution is 5.93. The second-order valence-electron chi connectivity index (χ2n) is 5.71. The molecule has 1 aromatic carbocycles. The van der Waals surface area contributed by atoms with Gasteiger partial charge in [0.2, 0.25) is 0 Å². The van der Waals surface area contributed by atoms with Gasteiger partial charge in [0.05, 0.1) is 6.54 Å². The molecule has 0 spiro atoms. The summed E-state index contributed by atoms with van der Waals surface area (Å²) in [6.45, 7) is 9.15. The summed E-state index contributed by atoms with van der Waals surface area (Å²) in [6, 6.07) is 7.53. The number of carbonyl (C=O) groups excluding carboxylic acids is 1. The number of hydrogen-bond acceptors (Lipinski definition) is 3. The lowest BCUT2D eigenvalue weighted by Crippen LogP contribution is -2.38. The smallest absolute Gasteiger partial charge is 0.253 e. The van der Waals surface area contributed by atoms with Crippen molar-refractivity contribution in [1.82, 2.24) is 15.5 Å². The predicted molar refractivity (Wildman–Crippen MR) is 103 cm³/mol. The van der Waals surface area contributed by atoms with Gasteiger partial charge in [-0.25, -0.2) is 4.99 Å². The van der Waals surface area contributed by atoms with E-state index in [4.69, 9.17) is 4.74 Å². The third-order valence-corrected chi connectivity index (χ3v) is 3.40. The lowest BCUT2D eigenvalue weighted by Gasteiger charge is -2.12. The Balaban J connectivity index is 2.58. The first-order chi connectivity index (χ1) is 12.1. The molecule has 0 aliphatic rings. The van der Waals surface area contributed by atoms with Crippen molar-refractivity contribution in [3.8, 4) is 0 Å². The average molecular weight is 346 g/mol. The van der Waals surface area contributed by atoms with E-state index in [1.165, 1.54) is 0 Å². The van der Waals surface area contributed by atoms with Crippen molar-refractivity contribution >= 4 is 11.9 Å². The second kappa shape index (κ2) is 12.1. The fourth-order valence-corrected chi connectivity index (χ4v) is 2.05. The van der Waals surface area contributed by atoms with E-state index in [0.717, 1.165) is 37.7 Å². The zero-order valence-electron chi connectivity index (χ0n) is 15.5. The van der Waals surface area contributed by atoms with E-state index in [2.05, 4.69) is 22.2 Å². The molecular formula is C19H30N4O2. The van der Waals surface area contributed by atoms with Gasteiger partial charge >= 0.3 is 0 Å². The van der Waals surface area contributed by atoms with Gasteiger partial charge in [-0.05, 0) is 31.0 Å². The Morgan fingerprint density at radius 2 is 2.00 bits per heavy atom. The monoisotopic (exact) mass is 346 g/mol. The molecule has 1 amide bonds. The van der Waals surface area contributed by atoms with Gasteiger partial charge in [-0.2, -0.15) is 0 Å². The number of guanidine groups is 1. The highest BCUT2D eigenvalue weighted by Crippen LogP contribution is 2.07. The maximum atomic E-state index is 11.9. The quantitative estimate of drug-likeness (QED) is 0.294. The molecule has 138 valence electrons. The van der Waals surface area contributed by atoms with E-state index in [-0.39, 0.29) is 5.91 Å². The van der Waals surface area contributed by atoms with Crippen LogP contribution in [-0.2, 0) is 11.3 Å². The molecule has 0 heterocycles. The minimum atomic E-state index is -0.000597. The minimum absolute atomic E-state index is 0.000597. The van der Waals surface area contributed by atoms with Crippen molar-refractivity contribution < 1.29 is 9.53 Å². The molecule has 6 nitrogen and oxygen atoms in total. The molecule has 0 bridgehead atoms. The summed E-state index contributed by atoms with van der Waals surface area (Å²) in [4.78, 5) is 18.0. The number of benzene rings is 1. The molecule has 0 saturated heterocycles. The fourth-order valence-electron chi connectivity index (χ4n) is 2.05. The van der Waals surface area contributed by atoms with Gasteiger partial charge in [-0.15, -0.1) is 6.58 Å². The van der Waals surface area contributed by atoms with Crippen LogP contribution in [0.15, 0.2) is 41.9 Å². The van der Waals surface area contributed by atoms with Gasteiger partial charge in [-0.1, -0.05) is 18.2 Å². The number of amides is 1. The zero-order chi connectivity index (χ0) is 18.5. The van der Waals surface area contributed by atoms with E-state index in [1.54, 1.807) is 25.1 Å². The van der Waals surface area contributed by atoms with E-state index in [1.807, 2.05) is 31.2 Å². The predicted octanol–water partition coefficient (Wildman–Crippen LogP) is 2.04. The molecular weight excluding hydrogens is 316 g/mol. The van der Waals surface area contributed by atoms with Crippen molar-refractivity contribution in [3.05, 3.63) is 48.0 Å². The van der Waals surface area contributed by atoms with Crippen LogP contribution in [0.5, 0.6) is 0 Å². The topological polar surface area (TPSA) is 66.0 Å². The van der Waals surface area contributed by atoms with Crippen LogP contribution in [0, 0.1) is 0 Å². The number of nitrogens with one attached hydrogen (secondary N) is 2. The van der Waals surface area contributed by atoms with Crippen LogP contribution in [0.4, 0.5) is 0 Å². The maximum Gasteiger partial charge on any atom is 0.253 e. The first kappa shape index (κ1) is 20.7. The van der Waals surface area contributed by atoms with Gasteiger partial charge < -0.3 is 20.3 Å². The van der Waals surface area contributed by atoms with Crippen LogP contribution in [0.25, 0.3) is 0 Å². The molecule has 25 heavy (non-hydrogen) atoms. The van der Waals surface area contributed by atoms with Gasteiger partial charge in [0.25, 0.3) is 5.91 Å². The first-order valence-electron chi connectivity index (χ1n) is 8.59. The summed E-state index contributed by atoms with van der Waals surface area (Å²) >= 11 is 0. The van der Waals surface area contributed by atoms with Crippen molar-refractivity contribution in [2.45, 2.75) is 19.9 Å². The Bertz CT molecular complexity index is 553. The number of hydrogen-bond donors (Lipinski definition) is 2. The summed E-state index contributed by atoms with van der Waals surface area (Å²) in [5.74, 6) is 0.740. The summed E-state index contributed by atoms with van der Waals surface area (Å²) in [6.07, 6.45) is 2.71. The Kier molecular flexibility index (Phi) is 10.0. The third kappa shape index (κ3) is 8.35. The summed E-state index contributed by atoms with van der Waals surface area (Å²) in [7, 11) is 3.49. The van der Waals surface area contributed by atoms with Crippen LogP contribution in [0.3, 0.4) is 0 Å². The Hall–Kier alpha value is -2.34. The van der Waals surface area contributed by atoms with Crippen molar-refractivity contribution in [2.75, 3.05) is 40.4 Å². The average Bonchev–Trinajstić information content (AvgIpc) is 2.62. The van der Waals surface area contributed by atoms with Crippen LogP contribution in [0.2, 0.25) is 0 Å². The standard InChI is InChI=1S/C19H30N4O2/c1-5-12-20-19(21-13-7-14-25-6-2)22-15-16-8-10-17(11-9-16)18(24)23(3)4/h5,8-11H,1,6-7,12-15H2,2-4H3,(H2,20,21,22).